The minimum Gasteiger partial charge on any atom is -0.277 e. The van der Waals surface area contributed by atoms with Crippen LogP contribution in [-0.2, 0) is 0 Å². The van der Waals surface area contributed by atoms with E-state index in [4.69, 9.17) is 0 Å². The maximum Gasteiger partial charge on any atom is 0.266 e. The summed E-state index contributed by atoms with van der Waals surface area (Å²) in [6.45, 7) is 0. The monoisotopic (exact) mass is 418 g/mol. The van der Waals surface area contributed by atoms with Crippen molar-refractivity contribution >= 4 is 34.8 Å². The maximum absolute atomic E-state index is 13.3. The molecular weight excluding hydrogens is 400 g/mol. The van der Waals surface area contributed by atoms with Crippen LogP contribution in [0, 0.1) is 0 Å². The number of amides is 3. The summed E-state index contributed by atoms with van der Waals surface area (Å²) >= 11 is 0. The van der Waals surface area contributed by atoms with E-state index in [-0.39, 0.29) is 17.7 Å². The molecule has 1 heterocycles. The maximum atomic E-state index is 13.3. The lowest BCUT2D eigenvalue weighted by Gasteiger charge is -2.24. The van der Waals surface area contributed by atoms with Crippen LogP contribution in [0.3, 0.4) is 0 Å². The van der Waals surface area contributed by atoms with Gasteiger partial charge in [-0.3, -0.25) is 19.3 Å². The second-order valence-corrected chi connectivity index (χ2v) is 7.35. The zero-order chi connectivity index (χ0) is 22.1. The fraction of sp³-hybridized carbons (Fsp3) is 0. The molecule has 0 bridgehead atoms. The van der Waals surface area contributed by atoms with Crippen molar-refractivity contribution in [3.05, 3.63) is 126 Å². The van der Waals surface area contributed by atoms with Crippen molar-refractivity contribution in [3.8, 4) is 0 Å². The lowest BCUT2D eigenvalue weighted by Crippen LogP contribution is -2.29. The third-order valence-corrected chi connectivity index (χ3v) is 5.40. The predicted molar refractivity (Wildman–Crippen MR) is 123 cm³/mol. The highest BCUT2D eigenvalue weighted by Gasteiger charge is 2.36. The predicted octanol–water partition coefficient (Wildman–Crippen LogP) is 5.47. The van der Waals surface area contributed by atoms with Crippen molar-refractivity contribution in [2.75, 3.05) is 9.80 Å². The molecule has 0 aliphatic carbocycles. The van der Waals surface area contributed by atoms with Gasteiger partial charge in [-0.15, -0.1) is 0 Å². The van der Waals surface area contributed by atoms with E-state index in [1.54, 1.807) is 65.6 Å². The summed E-state index contributed by atoms with van der Waals surface area (Å²) in [4.78, 5) is 41.7. The van der Waals surface area contributed by atoms with Gasteiger partial charge in [-0.05, 0) is 60.7 Å². The molecule has 1 aliphatic heterocycles. The Morgan fingerprint density at radius 2 is 1.03 bits per heavy atom. The molecule has 5 heteroatoms. The molecule has 0 unspecified atom stereocenters. The highest BCUT2D eigenvalue weighted by Crippen LogP contribution is 2.32. The molecule has 0 saturated heterocycles. The summed E-state index contributed by atoms with van der Waals surface area (Å²) in [6, 6.07) is 32.0. The molecule has 0 spiro atoms. The zero-order valence-corrected chi connectivity index (χ0v) is 17.0. The minimum atomic E-state index is -0.348. The Morgan fingerprint density at radius 3 is 1.59 bits per heavy atom. The van der Waals surface area contributed by atoms with Crippen LogP contribution in [0.4, 0.5) is 17.1 Å². The Balaban J connectivity index is 1.52. The first-order chi connectivity index (χ1) is 15.6. The fourth-order valence-corrected chi connectivity index (χ4v) is 3.84. The summed E-state index contributed by atoms with van der Waals surface area (Å²) in [5.41, 5.74) is 3.15. The molecule has 0 radical (unpaired) electrons. The quantitative estimate of drug-likeness (QED) is 0.413. The van der Waals surface area contributed by atoms with Crippen LogP contribution in [-0.4, -0.2) is 17.7 Å². The average Bonchev–Trinajstić information content (AvgIpc) is 3.11. The van der Waals surface area contributed by atoms with Crippen LogP contribution < -0.4 is 9.80 Å². The smallest absolute Gasteiger partial charge is 0.266 e. The summed E-state index contributed by atoms with van der Waals surface area (Å²) in [6.07, 6.45) is 0. The number of fused-ring (bicyclic) bond motifs is 1. The van der Waals surface area contributed by atoms with E-state index in [0.29, 0.717) is 28.1 Å². The fourth-order valence-electron chi connectivity index (χ4n) is 3.84. The number of carbonyl (C=O) groups is 3. The van der Waals surface area contributed by atoms with Crippen LogP contribution >= 0.6 is 0 Å². The van der Waals surface area contributed by atoms with Gasteiger partial charge in [0.25, 0.3) is 17.7 Å². The number of imide groups is 1. The molecule has 1 aliphatic rings. The Hall–Kier alpha value is -4.51. The van der Waals surface area contributed by atoms with Gasteiger partial charge in [0.05, 0.1) is 16.8 Å². The number of carbonyl (C=O) groups excluding carboxylic acids is 3. The van der Waals surface area contributed by atoms with Gasteiger partial charge in [0.2, 0.25) is 0 Å². The van der Waals surface area contributed by atoms with Gasteiger partial charge in [0, 0.05) is 16.9 Å². The first-order valence-electron chi connectivity index (χ1n) is 10.2. The normalized spacial score (nSPS) is 12.6. The first kappa shape index (κ1) is 19.5. The number of anilines is 3. The van der Waals surface area contributed by atoms with Crippen LogP contribution in [0.1, 0.15) is 31.1 Å². The molecular formula is C27H18N2O3. The second-order valence-electron chi connectivity index (χ2n) is 7.35. The molecule has 0 atom stereocenters. The molecule has 32 heavy (non-hydrogen) atoms. The molecule has 5 nitrogen and oxygen atoms in total. The van der Waals surface area contributed by atoms with Crippen molar-refractivity contribution in [1.82, 2.24) is 0 Å². The van der Waals surface area contributed by atoms with Crippen LogP contribution in [0.15, 0.2) is 109 Å². The van der Waals surface area contributed by atoms with Crippen LogP contribution in [0.5, 0.6) is 0 Å². The Kier molecular flexibility index (Phi) is 4.84. The molecule has 4 aromatic rings. The third kappa shape index (κ3) is 3.26. The largest absolute Gasteiger partial charge is 0.277 e. The third-order valence-electron chi connectivity index (χ3n) is 5.40. The number of rotatable bonds is 4. The Labute approximate surface area is 185 Å². The van der Waals surface area contributed by atoms with Gasteiger partial charge < -0.3 is 0 Å². The van der Waals surface area contributed by atoms with E-state index < -0.39 is 0 Å². The number of nitrogens with zero attached hydrogens (tertiary/aromatic N) is 2. The Morgan fingerprint density at radius 1 is 0.562 bits per heavy atom. The van der Waals surface area contributed by atoms with Gasteiger partial charge in [-0.25, -0.2) is 4.90 Å². The molecule has 0 N–H and O–H groups in total. The average molecular weight is 418 g/mol. The standard InChI is InChI=1S/C27H18N2O3/c30-25(19-9-3-1-4-10-19)28(20-11-5-2-6-12-20)21-15-17-22(18-16-21)29-26(31)23-13-7-8-14-24(23)27(29)32/h1-18H. The zero-order valence-electron chi connectivity index (χ0n) is 17.0. The lowest BCUT2D eigenvalue weighted by atomic mass is 10.1. The topological polar surface area (TPSA) is 57.7 Å². The minimum absolute atomic E-state index is 0.176. The number of para-hydroxylation sites is 1. The van der Waals surface area contributed by atoms with Crippen molar-refractivity contribution in [1.29, 1.82) is 0 Å². The molecule has 0 saturated carbocycles. The highest BCUT2D eigenvalue weighted by atomic mass is 16.2. The number of benzene rings is 4. The van der Waals surface area contributed by atoms with Crippen molar-refractivity contribution in [2.24, 2.45) is 0 Å². The van der Waals surface area contributed by atoms with E-state index in [1.807, 2.05) is 48.5 Å². The van der Waals surface area contributed by atoms with E-state index in [0.717, 1.165) is 5.69 Å². The SMILES string of the molecule is O=C1c2ccccc2C(=O)N1c1ccc(N(C(=O)c2ccccc2)c2ccccc2)cc1. The summed E-state index contributed by atoms with van der Waals surface area (Å²) in [5.74, 6) is -0.873. The lowest BCUT2D eigenvalue weighted by molar-refractivity contribution is 0.0924. The number of hydrogen-bond acceptors (Lipinski definition) is 3. The molecule has 0 aromatic heterocycles. The van der Waals surface area contributed by atoms with Gasteiger partial charge in [-0.2, -0.15) is 0 Å². The summed E-state index contributed by atoms with van der Waals surface area (Å²) in [5, 5.41) is 0. The van der Waals surface area contributed by atoms with E-state index in [2.05, 4.69) is 0 Å². The van der Waals surface area contributed by atoms with Gasteiger partial charge >= 0.3 is 0 Å². The van der Waals surface area contributed by atoms with E-state index >= 15 is 0 Å². The molecule has 3 amide bonds. The van der Waals surface area contributed by atoms with Gasteiger partial charge in [0.15, 0.2) is 0 Å². The van der Waals surface area contributed by atoms with Crippen molar-refractivity contribution in [2.45, 2.75) is 0 Å². The first-order valence-corrected chi connectivity index (χ1v) is 10.2. The van der Waals surface area contributed by atoms with Crippen molar-refractivity contribution in [3.63, 3.8) is 0 Å². The van der Waals surface area contributed by atoms with Crippen molar-refractivity contribution < 1.29 is 14.4 Å². The molecule has 4 aromatic carbocycles. The van der Waals surface area contributed by atoms with E-state index in [1.165, 1.54) is 4.90 Å². The molecule has 0 fully saturated rings. The molecule has 154 valence electrons. The molecule has 5 rings (SSSR count). The van der Waals surface area contributed by atoms with Crippen LogP contribution in [0.25, 0.3) is 0 Å². The summed E-state index contributed by atoms with van der Waals surface area (Å²) in [7, 11) is 0. The number of hydrogen-bond donors (Lipinski definition) is 0. The van der Waals surface area contributed by atoms with Crippen LogP contribution in [0.2, 0.25) is 0 Å². The second kappa shape index (κ2) is 7.96. The van der Waals surface area contributed by atoms with Gasteiger partial charge in [-0.1, -0.05) is 48.5 Å². The van der Waals surface area contributed by atoms with Gasteiger partial charge in [0.1, 0.15) is 0 Å². The summed E-state index contributed by atoms with van der Waals surface area (Å²) < 4.78 is 0. The van der Waals surface area contributed by atoms with E-state index in [9.17, 15) is 14.4 Å². The Bertz CT molecular complexity index is 1280. The highest BCUT2D eigenvalue weighted by molar-refractivity contribution is 6.34.